The highest BCUT2D eigenvalue weighted by molar-refractivity contribution is 5.96. The summed E-state index contributed by atoms with van der Waals surface area (Å²) < 4.78 is 48.1. The summed E-state index contributed by atoms with van der Waals surface area (Å²) in [5.74, 6) is -0.645. The van der Waals surface area contributed by atoms with Crippen LogP contribution >= 0.6 is 0 Å². The molecule has 2 amide bonds. The number of fused-ring (bicyclic) bond motifs is 4. The molecule has 4 aliphatic rings. The lowest BCUT2D eigenvalue weighted by Gasteiger charge is -2.44. The summed E-state index contributed by atoms with van der Waals surface area (Å²) >= 11 is 0. The van der Waals surface area contributed by atoms with E-state index >= 15 is 8.78 Å². The molecule has 350 valence electrons. The van der Waals surface area contributed by atoms with Crippen molar-refractivity contribution in [2.75, 3.05) is 18.1 Å². The quantitative estimate of drug-likeness (QED) is 0.146. The van der Waals surface area contributed by atoms with Gasteiger partial charge in [0.05, 0.1) is 29.0 Å². The number of terminal acetylenes is 1. The summed E-state index contributed by atoms with van der Waals surface area (Å²) in [5.41, 5.74) is 1.99. The third-order valence-electron chi connectivity index (χ3n) is 13.3. The lowest BCUT2D eigenvalue weighted by molar-refractivity contribution is 0.00663. The molecule has 9 rings (SSSR count). The van der Waals surface area contributed by atoms with Gasteiger partial charge >= 0.3 is 12.2 Å². The molecule has 0 bridgehead atoms. The average molecular weight is 914 g/mol. The second-order valence-corrected chi connectivity index (χ2v) is 20.6. The molecule has 0 N–H and O–H groups in total. The smallest absolute Gasteiger partial charge is 0.429 e. The number of imidazole rings is 2. The van der Waals surface area contributed by atoms with Crippen molar-refractivity contribution in [3.05, 3.63) is 77.7 Å². The first kappa shape index (κ1) is 45.6. The summed E-state index contributed by atoms with van der Waals surface area (Å²) in [6, 6.07) is 14.6. The molecule has 2 aliphatic heterocycles. The number of hydrogen-bond acceptors (Lipinski definition) is 9. The predicted molar refractivity (Wildman–Crippen MR) is 251 cm³/mol. The fraction of sp³-hybridized carbons (Fsp3) is 0.462. The van der Waals surface area contributed by atoms with E-state index in [1.165, 1.54) is 40.1 Å². The molecule has 1 unspecified atom stereocenters. The van der Waals surface area contributed by atoms with Gasteiger partial charge in [-0.25, -0.2) is 34.1 Å². The van der Waals surface area contributed by atoms with Crippen molar-refractivity contribution in [2.45, 2.75) is 136 Å². The van der Waals surface area contributed by atoms with E-state index in [4.69, 9.17) is 20.9 Å². The molecule has 1 saturated carbocycles. The highest BCUT2D eigenvalue weighted by Crippen LogP contribution is 2.56. The fourth-order valence-electron chi connectivity index (χ4n) is 10.2. The molecule has 0 radical (unpaired) electrons. The molecule has 2 aromatic heterocycles. The highest BCUT2D eigenvalue weighted by atomic mass is 19.3. The molecule has 3 aromatic carbocycles. The number of benzene rings is 3. The number of nitrogens with zero attached hydrogens (tertiary/aromatic N) is 7. The number of hydrazine groups is 1. The number of ether oxygens (including phenoxy) is 2. The van der Waals surface area contributed by atoms with Crippen molar-refractivity contribution < 1.29 is 37.4 Å². The zero-order valence-electron chi connectivity index (χ0n) is 39.4. The van der Waals surface area contributed by atoms with Crippen LogP contribution in [-0.2, 0) is 21.8 Å². The van der Waals surface area contributed by atoms with Crippen LogP contribution in [0.25, 0.3) is 44.5 Å². The molecule has 15 heteroatoms. The van der Waals surface area contributed by atoms with Gasteiger partial charge in [-0.05, 0) is 132 Å². The number of halogens is 2. The summed E-state index contributed by atoms with van der Waals surface area (Å²) in [7, 11) is 0. The number of hydrogen-bond donors (Lipinski definition) is 0. The molecule has 2 atom stereocenters. The Bertz CT molecular complexity index is 2890. The normalized spacial score (nSPS) is 19.3. The number of rotatable bonds is 7. The lowest BCUT2D eigenvalue weighted by atomic mass is 9.98. The minimum absolute atomic E-state index is 0.0698. The first-order valence-electron chi connectivity index (χ1n) is 23.1. The van der Waals surface area contributed by atoms with E-state index in [9.17, 15) is 19.2 Å². The zero-order chi connectivity index (χ0) is 48.0. The van der Waals surface area contributed by atoms with Gasteiger partial charge in [0.15, 0.2) is 0 Å². The van der Waals surface area contributed by atoms with E-state index in [0.29, 0.717) is 89.1 Å². The third-order valence-corrected chi connectivity index (χ3v) is 13.3. The molecule has 1 spiro atoms. The van der Waals surface area contributed by atoms with E-state index in [1.807, 2.05) is 25.7 Å². The fourth-order valence-corrected chi connectivity index (χ4v) is 10.2. The predicted octanol–water partition coefficient (Wildman–Crippen LogP) is 10.9. The van der Waals surface area contributed by atoms with Crippen molar-refractivity contribution in [3.8, 4) is 45.9 Å². The number of likely N-dealkylation sites (tertiary alicyclic amines) is 1. The molecule has 2 aliphatic carbocycles. The van der Waals surface area contributed by atoms with Crippen LogP contribution in [-0.4, -0.2) is 89.4 Å². The Balaban J connectivity index is 0.996. The van der Waals surface area contributed by atoms with Crippen molar-refractivity contribution in [2.24, 2.45) is 5.41 Å². The second kappa shape index (κ2) is 16.3. The summed E-state index contributed by atoms with van der Waals surface area (Å²) in [6.45, 7) is 14.7. The van der Waals surface area contributed by atoms with Crippen LogP contribution in [0.2, 0.25) is 0 Å². The van der Waals surface area contributed by atoms with Crippen molar-refractivity contribution in [3.63, 3.8) is 0 Å². The van der Waals surface area contributed by atoms with E-state index in [0.717, 1.165) is 19.3 Å². The topological polar surface area (TPSA) is 132 Å². The Morgan fingerprint density at radius 3 is 2.06 bits per heavy atom. The van der Waals surface area contributed by atoms with Gasteiger partial charge in [0.25, 0.3) is 5.92 Å². The van der Waals surface area contributed by atoms with Gasteiger partial charge in [-0.2, -0.15) is 8.78 Å². The standard InChI is InChI=1S/C52H57F2N7O6/c1-10-12-36-13-11-24-58(61(36)48(65)67-50(7,8)9)46-56-42-20-16-34(27-43(42)60(46)32(3)63)33-14-18-38-39-19-15-35(26-41(39)52(53,54)40(38)25-33)44-29-55-45(59(44)31(2)62)21-17-37-28-51(22-23-51)30-57(37)47(64)66-49(4,5)6/h1,14-16,18-20,25-27,29,36-37H,11-13,17,21-24,28,30H2,2-9H3/t36?,37-/m0/s1. The molecule has 13 nitrogen and oxygen atoms in total. The Labute approximate surface area is 389 Å². The minimum Gasteiger partial charge on any atom is -0.444 e. The van der Waals surface area contributed by atoms with Gasteiger partial charge < -0.3 is 14.4 Å². The van der Waals surface area contributed by atoms with Gasteiger partial charge in [-0.1, -0.05) is 30.3 Å². The van der Waals surface area contributed by atoms with E-state index in [2.05, 4.69) is 10.9 Å². The maximum Gasteiger partial charge on any atom is 0.429 e. The first-order valence-corrected chi connectivity index (χ1v) is 23.1. The van der Waals surface area contributed by atoms with Crippen molar-refractivity contribution in [1.29, 1.82) is 0 Å². The second-order valence-electron chi connectivity index (χ2n) is 20.6. The molecule has 67 heavy (non-hydrogen) atoms. The maximum absolute atomic E-state index is 16.8. The number of carbonyl (C=O) groups excluding carboxylic acids is 4. The Kier molecular flexibility index (Phi) is 11.1. The van der Waals surface area contributed by atoms with Crippen LogP contribution in [0, 0.1) is 17.8 Å². The molecule has 5 aromatic rings. The Morgan fingerprint density at radius 2 is 1.43 bits per heavy atom. The Morgan fingerprint density at radius 1 is 0.821 bits per heavy atom. The highest BCUT2D eigenvalue weighted by Gasteiger charge is 2.54. The van der Waals surface area contributed by atoms with Gasteiger partial charge in [0.2, 0.25) is 17.8 Å². The average Bonchev–Trinajstić information content (AvgIpc) is 3.51. The number of aryl methyl sites for hydroxylation is 1. The van der Waals surface area contributed by atoms with Crippen LogP contribution in [0.5, 0.6) is 0 Å². The number of carbonyl (C=O) groups is 4. The van der Waals surface area contributed by atoms with E-state index < -0.39 is 23.2 Å². The molecular formula is C52H57F2N7O6. The van der Waals surface area contributed by atoms with Crippen LogP contribution < -0.4 is 5.01 Å². The van der Waals surface area contributed by atoms with Gasteiger partial charge in [-0.3, -0.25) is 14.2 Å². The molecule has 4 heterocycles. The van der Waals surface area contributed by atoms with E-state index in [1.54, 1.807) is 74.4 Å². The van der Waals surface area contributed by atoms with E-state index in [-0.39, 0.29) is 58.9 Å². The number of alkyl halides is 2. The minimum atomic E-state index is -3.39. The van der Waals surface area contributed by atoms with Crippen LogP contribution in [0.3, 0.4) is 0 Å². The maximum atomic E-state index is 16.8. The number of anilines is 1. The van der Waals surface area contributed by atoms with Gasteiger partial charge in [0.1, 0.15) is 17.0 Å². The monoisotopic (exact) mass is 913 g/mol. The van der Waals surface area contributed by atoms with Crippen LogP contribution in [0.4, 0.5) is 24.3 Å². The van der Waals surface area contributed by atoms with Gasteiger partial charge in [0, 0.05) is 62.5 Å². The third kappa shape index (κ3) is 8.44. The molecule has 2 saturated heterocycles. The van der Waals surface area contributed by atoms with Gasteiger partial charge in [-0.15, -0.1) is 12.3 Å². The first-order chi connectivity index (χ1) is 31.6. The number of amides is 2. The summed E-state index contributed by atoms with van der Waals surface area (Å²) in [5, 5.41) is 3.13. The zero-order valence-corrected chi connectivity index (χ0v) is 39.4. The Hall–Kier alpha value is -6.56. The SMILES string of the molecule is C#CCC1CCCN(c2nc3ccc(-c4ccc5c(c4)C(F)(F)c4cc(-c6cnc(CC[C@H]7CC8(CC8)CN7C(=O)OC(C)(C)C)n6C(C)=O)ccc4-5)cc3n2C(C)=O)N1C(=O)OC(C)(C)C. The number of aromatic nitrogens is 4. The summed E-state index contributed by atoms with van der Waals surface area (Å²) in [4.78, 5) is 64.9. The lowest BCUT2D eigenvalue weighted by Crippen LogP contribution is -2.57. The van der Waals surface area contributed by atoms with Crippen LogP contribution in [0.15, 0.2) is 60.8 Å². The van der Waals surface area contributed by atoms with Crippen LogP contribution in [0.1, 0.15) is 127 Å². The van der Waals surface area contributed by atoms with Crippen molar-refractivity contribution in [1.82, 2.24) is 29.0 Å². The summed E-state index contributed by atoms with van der Waals surface area (Å²) in [6.07, 6.45) is 11.9. The molecular weight excluding hydrogens is 857 g/mol. The van der Waals surface area contributed by atoms with Crippen molar-refractivity contribution >= 4 is 41.0 Å². The molecule has 3 fully saturated rings. The largest absolute Gasteiger partial charge is 0.444 e.